The highest BCUT2D eigenvalue weighted by atomic mass is 32.1. The Bertz CT molecular complexity index is 653. The fourth-order valence-electron chi connectivity index (χ4n) is 2.48. The number of carbonyl (C=O) groups excluding carboxylic acids is 1. The van der Waals surface area contributed by atoms with E-state index >= 15 is 0 Å². The molecule has 1 saturated heterocycles. The number of aromatic nitrogens is 1. The summed E-state index contributed by atoms with van der Waals surface area (Å²) in [4.78, 5) is 19.6. The van der Waals surface area contributed by atoms with Gasteiger partial charge in [0.2, 0.25) is 0 Å². The van der Waals surface area contributed by atoms with Crippen molar-refractivity contribution in [1.29, 1.82) is 0 Å². The van der Waals surface area contributed by atoms with Gasteiger partial charge < -0.3 is 15.8 Å². The number of ether oxygens (including phenoxy) is 1. The van der Waals surface area contributed by atoms with Crippen LogP contribution in [-0.2, 0) is 17.8 Å². The first-order valence-corrected chi connectivity index (χ1v) is 8.41. The highest BCUT2D eigenvalue weighted by molar-refractivity contribution is 7.17. The predicted octanol–water partition coefficient (Wildman–Crippen LogP) is 1.49. The Morgan fingerprint density at radius 3 is 2.78 bits per heavy atom. The first-order valence-electron chi connectivity index (χ1n) is 7.60. The van der Waals surface area contributed by atoms with Gasteiger partial charge in [0.05, 0.1) is 18.9 Å². The zero-order valence-corrected chi connectivity index (χ0v) is 13.6. The molecule has 2 heterocycles. The van der Waals surface area contributed by atoms with Crippen LogP contribution in [0, 0.1) is 0 Å². The molecular weight excluding hydrogens is 312 g/mol. The highest BCUT2D eigenvalue weighted by Crippen LogP contribution is 2.22. The van der Waals surface area contributed by atoms with E-state index in [1.54, 1.807) is 0 Å². The number of benzene rings is 1. The molecule has 7 heteroatoms. The number of nitrogens with two attached hydrogens (primary N) is 1. The number of hydrogen-bond donors (Lipinski definition) is 2. The van der Waals surface area contributed by atoms with Crippen molar-refractivity contribution in [2.24, 2.45) is 0 Å². The monoisotopic (exact) mass is 332 g/mol. The van der Waals surface area contributed by atoms with Crippen molar-refractivity contribution >= 4 is 22.4 Å². The second-order valence-electron chi connectivity index (χ2n) is 5.38. The first-order chi connectivity index (χ1) is 11.2. The third-order valence-electron chi connectivity index (χ3n) is 3.69. The number of morpholine rings is 1. The highest BCUT2D eigenvalue weighted by Gasteiger charge is 2.20. The summed E-state index contributed by atoms with van der Waals surface area (Å²) in [5.74, 6) is -0.119. The van der Waals surface area contributed by atoms with E-state index in [1.807, 2.05) is 30.3 Å². The van der Waals surface area contributed by atoms with Crippen molar-refractivity contribution < 1.29 is 9.53 Å². The lowest BCUT2D eigenvalue weighted by molar-refractivity contribution is 0.0336. The minimum atomic E-state index is -0.119. The zero-order chi connectivity index (χ0) is 16.1. The van der Waals surface area contributed by atoms with Gasteiger partial charge in [0, 0.05) is 26.2 Å². The van der Waals surface area contributed by atoms with E-state index in [2.05, 4.69) is 15.2 Å². The van der Waals surface area contributed by atoms with E-state index in [-0.39, 0.29) is 5.91 Å². The quantitative estimate of drug-likeness (QED) is 0.867. The minimum Gasteiger partial charge on any atom is -0.379 e. The lowest BCUT2D eigenvalue weighted by Gasteiger charge is -2.25. The van der Waals surface area contributed by atoms with Crippen LogP contribution in [0.15, 0.2) is 30.3 Å². The van der Waals surface area contributed by atoms with Gasteiger partial charge in [-0.25, -0.2) is 4.98 Å². The molecule has 0 radical (unpaired) electrons. The van der Waals surface area contributed by atoms with Crippen LogP contribution in [0.4, 0.5) is 5.13 Å². The van der Waals surface area contributed by atoms with Crippen LogP contribution in [0.1, 0.15) is 20.9 Å². The molecular formula is C16H20N4O2S. The number of amides is 1. The van der Waals surface area contributed by atoms with Gasteiger partial charge in [-0.3, -0.25) is 9.69 Å². The van der Waals surface area contributed by atoms with Crippen molar-refractivity contribution in [2.75, 3.05) is 32.0 Å². The Hall–Kier alpha value is -1.96. The molecule has 6 nitrogen and oxygen atoms in total. The maximum Gasteiger partial charge on any atom is 0.263 e. The first kappa shape index (κ1) is 15.9. The molecule has 0 atom stereocenters. The summed E-state index contributed by atoms with van der Waals surface area (Å²) in [6.45, 7) is 4.26. The summed E-state index contributed by atoms with van der Waals surface area (Å²) in [5, 5.41) is 3.37. The topological polar surface area (TPSA) is 80.5 Å². The number of nitrogens with one attached hydrogen (secondary N) is 1. The van der Waals surface area contributed by atoms with Gasteiger partial charge in [0.1, 0.15) is 4.88 Å². The van der Waals surface area contributed by atoms with E-state index in [1.165, 1.54) is 11.3 Å². The molecule has 1 aliphatic heterocycles. The normalized spacial score (nSPS) is 15.5. The number of carbonyl (C=O) groups is 1. The summed E-state index contributed by atoms with van der Waals surface area (Å²) in [5.41, 5.74) is 7.63. The molecule has 1 amide bonds. The molecule has 2 aromatic rings. The molecule has 1 aromatic heterocycles. The Balaban J connectivity index is 1.65. The molecule has 23 heavy (non-hydrogen) atoms. The Morgan fingerprint density at radius 1 is 1.30 bits per heavy atom. The largest absolute Gasteiger partial charge is 0.379 e. The van der Waals surface area contributed by atoms with Crippen molar-refractivity contribution in [1.82, 2.24) is 15.2 Å². The Kier molecular flexibility index (Phi) is 5.22. The standard InChI is InChI=1S/C16H20N4O2S/c17-16-19-13(11-20-6-8-22-9-7-20)14(23-16)15(21)18-10-12-4-2-1-3-5-12/h1-5H,6-11H2,(H2,17,19)(H,18,21). The summed E-state index contributed by atoms with van der Waals surface area (Å²) in [6.07, 6.45) is 0. The lowest BCUT2D eigenvalue weighted by Crippen LogP contribution is -2.36. The summed E-state index contributed by atoms with van der Waals surface area (Å²) in [7, 11) is 0. The number of hydrogen-bond acceptors (Lipinski definition) is 6. The maximum atomic E-state index is 12.5. The predicted molar refractivity (Wildman–Crippen MR) is 90.2 cm³/mol. The average Bonchev–Trinajstić information content (AvgIpc) is 2.95. The number of anilines is 1. The van der Waals surface area contributed by atoms with Crippen LogP contribution < -0.4 is 11.1 Å². The second-order valence-corrected chi connectivity index (χ2v) is 6.42. The summed E-state index contributed by atoms with van der Waals surface area (Å²) >= 11 is 1.24. The third-order valence-corrected chi connectivity index (χ3v) is 4.62. The van der Waals surface area contributed by atoms with Gasteiger partial charge in [0.15, 0.2) is 5.13 Å². The van der Waals surface area contributed by atoms with Crippen molar-refractivity contribution in [3.8, 4) is 0 Å². The average molecular weight is 332 g/mol. The van der Waals surface area contributed by atoms with E-state index in [0.29, 0.717) is 23.1 Å². The smallest absolute Gasteiger partial charge is 0.263 e. The van der Waals surface area contributed by atoms with Gasteiger partial charge in [-0.1, -0.05) is 41.7 Å². The second kappa shape index (κ2) is 7.54. The fraction of sp³-hybridized carbons (Fsp3) is 0.375. The van der Waals surface area contributed by atoms with Gasteiger partial charge in [0.25, 0.3) is 5.91 Å². The summed E-state index contributed by atoms with van der Waals surface area (Å²) in [6, 6.07) is 9.83. The number of nitrogens with zero attached hydrogens (tertiary/aromatic N) is 2. The lowest BCUT2D eigenvalue weighted by atomic mass is 10.2. The molecule has 0 unspecified atom stereocenters. The molecule has 0 bridgehead atoms. The van der Waals surface area contributed by atoms with Crippen LogP contribution >= 0.6 is 11.3 Å². The molecule has 1 aliphatic rings. The van der Waals surface area contributed by atoms with Gasteiger partial charge in [-0.05, 0) is 5.56 Å². The molecule has 1 fully saturated rings. The molecule has 0 saturated carbocycles. The van der Waals surface area contributed by atoms with E-state index < -0.39 is 0 Å². The van der Waals surface area contributed by atoms with Crippen LogP contribution in [-0.4, -0.2) is 42.1 Å². The van der Waals surface area contributed by atoms with E-state index in [9.17, 15) is 4.79 Å². The molecule has 122 valence electrons. The van der Waals surface area contributed by atoms with Crippen molar-refractivity contribution in [2.45, 2.75) is 13.1 Å². The van der Waals surface area contributed by atoms with Crippen molar-refractivity contribution in [3.63, 3.8) is 0 Å². The fourth-order valence-corrected chi connectivity index (χ4v) is 3.24. The number of thiazole rings is 1. The van der Waals surface area contributed by atoms with Crippen LogP contribution in [0.2, 0.25) is 0 Å². The Labute approximate surface area is 139 Å². The maximum absolute atomic E-state index is 12.5. The van der Waals surface area contributed by atoms with Crippen LogP contribution in [0.25, 0.3) is 0 Å². The Morgan fingerprint density at radius 2 is 2.04 bits per heavy atom. The molecule has 1 aromatic carbocycles. The van der Waals surface area contributed by atoms with Crippen molar-refractivity contribution in [3.05, 3.63) is 46.5 Å². The summed E-state index contributed by atoms with van der Waals surface area (Å²) < 4.78 is 5.34. The SMILES string of the molecule is Nc1nc(CN2CCOCC2)c(C(=O)NCc2ccccc2)s1. The van der Waals surface area contributed by atoms with E-state index in [4.69, 9.17) is 10.5 Å². The van der Waals surface area contributed by atoms with Crippen LogP contribution in [0.3, 0.4) is 0 Å². The number of rotatable bonds is 5. The number of nitrogen functional groups attached to an aromatic ring is 1. The van der Waals surface area contributed by atoms with Gasteiger partial charge in [-0.2, -0.15) is 0 Å². The molecule has 3 rings (SSSR count). The van der Waals surface area contributed by atoms with E-state index in [0.717, 1.165) is 37.6 Å². The molecule has 3 N–H and O–H groups in total. The van der Waals surface area contributed by atoms with Gasteiger partial charge >= 0.3 is 0 Å². The molecule has 0 spiro atoms. The molecule has 0 aliphatic carbocycles. The third kappa shape index (κ3) is 4.28. The van der Waals surface area contributed by atoms with Crippen LogP contribution in [0.5, 0.6) is 0 Å². The zero-order valence-electron chi connectivity index (χ0n) is 12.8. The van der Waals surface area contributed by atoms with Gasteiger partial charge in [-0.15, -0.1) is 0 Å². The minimum absolute atomic E-state index is 0.119.